The van der Waals surface area contributed by atoms with Crippen molar-refractivity contribution in [3.63, 3.8) is 0 Å². The minimum Gasteiger partial charge on any atom is -0.486 e. The normalized spacial score (nSPS) is 13.6. The van der Waals surface area contributed by atoms with Crippen molar-refractivity contribution >= 4 is 21.9 Å². The smallest absolute Gasteiger partial charge is 0.304 e. The molecule has 6 heteroatoms. The van der Waals surface area contributed by atoms with E-state index < -0.39 is 5.97 Å². The van der Waals surface area contributed by atoms with Crippen molar-refractivity contribution in [2.45, 2.75) is 13.0 Å². The molecule has 5 nitrogen and oxygen atoms in total. The fourth-order valence-corrected chi connectivity index (χ4v) is 2.33. The Kier molecular flexibility index (Phi) is 4.66. The van der Waals surface area contributed by atoms with E-state index in [0.29, 0.717) is 26.3 Å². The number of nitrogens with zero attached hydrogens (tertiary/aromatic N) is 1. The third-order valence-electron chi connectivity index (χ3n) is 2.86. The third-order valence-corrected chi connectivity index (χ3v) is 3.60. The highest BCUT2D eigenvalue weighted by Gasteiger charge is 2.15. The minimum atomic E-state index is -0.784. The van der Waals surface area contributed by atoms with Crippen molar-refractivity contribution in [3.05, 3.63) is 22.2 Å². The van der Waals surface area contributed by atoms with Gasteiger partial charge in [-0.2, -0.15) is 0 Å². The molecule has 0 radical (unpaired) electrons. The van der Waals surface area contributed by atoms with E-state index in [4.69, 9.17) is 14.6 Å². The van der Waals surface area contributed by atoms with Crippen LogP contribution in [-0.2, 0) is 11.3 Å². The highest BCUT2D eigenvalue weighted by Crippen LogP contribution is 2.35. The van der Waals surface area contributed by atoms with Crippen LogP contribution in [0.4, 0.5) is 0 Å². The zero-order valence-electron chi connectivity index (χ0n) is 10.7. The van der Waals surface area contributed by atoms with E-state index in [1.54, 1.807) is 0 Å². The number of ether oxygens (including phenoxy) is 2. The summed E-state index contributed by atoms with van der Waals surface area (Å²) >= 11 is 3.51. The van der Waals surface area contributed by atoms with Gasteiger partial charge in [0.2, 0.25) is 0 Å². The number of carboxylic acid groups (broad SMARTS) is 1. The van der Waals surface area contributed by atoms with Gasteiger partial charge in [-0.05, 0) is 24.7 Å². The van der Waals surface area contributed by atoms with Crippen LogP contribution in [-0.4, -0.2) is 42.8 Å². The molecule has 1 aromatic rings. The van der Waals surface area contributed by atoms with Crippen LogP contribution in [0.5, 0.6) is 11.5 Å². The highest BCUT2D eigenvalue weighted by molar-refractivity contribution is 9.10. The molecule has 0 aliphatic carbocycles. The van der Waals surface area contributed by atoms with Crippen molar-refractivity contribution in [2.75, 3.05) is 26.8 Å². The fraction of sp³-hybridized carbons (Fsp3) is 0.462. The van der Waals surface area contributed by atoms with E-state index >= 15 is 0 Å². The van der Waals surface area contributed by atoms with Crippen LogP contribution < -0.4 is 9.47 Å². The van der Waals surface area contributed by atoms with E-state index in [0.717, 1.165) is 21.5 Å². The topological polar surface area (TPSA) is 59.0 Å². The largest absolute Gasteiger partial charge is 0.486 e. The van der Waals surface area contributed by atoms with Crippen molar-refractivity contribution in [2.24, 2.45) is 0 Å². The molecule has 1 aromatic carbocycles. The average Bonchev–Trinajstić information content (AvgIpc) is 2.37. The van der Waals surface area contributed by atoms with E-state index in [9.17, 15) is 4.79 Å². The number of rotatable bonds is 5. The Morgan fingerprint density at radius 1 is 1.37 bits per heavy atom. The van der Waals surface area contributed by atoms with Crippen LogP contribution in [0.3, 0.4) is 0 Å². The number of carbonyl (C=O) groups is 1. The molecule has 0 fully saturated rings. The Hall–Kier alpha value is -1.27. The average molecular weight is 330 g/mol. The van der Waals surface area contributed by atoms with Gasteiger partial charge in [-0.3, -0.25) is 4.79 Å². The molecule has 19 heavy (non-hydrogen) atoms. The zero-order valence-corrected chi connectivity index (χ0v) is 12.3. The quantitative estimate of drug-likeness (QED) is 0.896. The number of carboxylic acids is 1. The SMILES string of the molecule is CN(CCC(=O)O)Cc1cc2c(cc1Br)OCCO2. The standard InChI is InChI=1S/C13H16BrNO4/c1-15(3-2-13(16)17)8-9-6-11-12(7-10(9)14)19-5-4-18-11/h6-7H,2-5,8H2,1H3,(H,16,17). The van der Waals surface area contributed by atoms with Gasteiger partial charge in [0, 0.05) is 17.6 Å². The van der Waals surface area contributed by atoms with Crippen LogP contribution >= 0.6 is 15.9 Å². The predicted octanol–water partition coefficient (Wildman–Crippen LogP) is 2.13. The van der Waals surface area contributed by atoms with Gasteiger partial charge in [0.05, 0.1) is 6.42 Å². The number of benzene rings is 1. The van der Waals surface area contributed by atoms with Crippen molar-refractivity contribution in [1.82, 2.24) is 4.90 Å². The number of fused-ring (bicyclic) bond motifs is 1. The number of hydrogen-bond donors (Lipinski definition) is 1. The van der Waals surface area contributed by atoms with Crippen LogP contribution in [0.15, 0.2) is 16.6 Å². The lowest BCUT2D eigenvalue weighted by molar-refractivity contribution is -0.137. The van der Waals surface area contributed by atoms with Gasteiger partial charge in [0.1, 0.15) is 13.2 Å². The van der Waals surface area contributed by atoms with Crippen LogP contribution in [0.2, 0.25) is 0 Å². The maximum Gasteiger partial charge on any atom is 0.304 e. The minimum absolute atomic E-state index is 0.138. The molecule has 0 saturated carbocycles. The van der Waals surface area contributed by atoms with E-state index in [2.05, 4.69) is 15.9 Å². The molecule has 2 rings (SSSR count). The Balaban J connectivity index is 2.05. The molecule has 0 saturated heterocycles. The Labute approximate surface area is 120 Å². The van der Waals surface area contributed by atoms with Crippen molar-refractivity contribution in [1.29, 1.82) is 0 Å². The number of aliphatic carboxylic acids is 1. The number of hydrogen-bond acceptors (Lipinski definition) is 4. The van der Waals surface area contributed by atoms with Crippen molar-refractivity contribution in [3.8, 4) is 11.5 Å². The predicted molar refractivity (Wildman–Crippen MR) is 73.7 cm³/mol. The molecule has 0 spiro atoms. The summed E-state index contributed by atoms with van der Waals surface area (Å²) in [6.45, 7) is 2.29. The highest BCUT2D eigenvalue weighted by atomic mass is 79.9. The van der Waals surface area contributed by atoms with E-state index in [-0.39, 0.29) is 6.42 Å². The lowest BCUT2D eigenvalue weighted by atomic mass is 10.2. The summed E-state index contributed by atoms with van der Waals surface area (Å²) in [5.74, 6) is 0.708. The lowest BCUT2D eigenvalue weighted by Gasteiger charge is -2.22. The second-order valence-corrected chi connectivity index (χ2v) is 5.32. The maximum atomic E-state index is 10.5. The second-order valence-electron chi connectivity index (χ2n) is 4.47. The summed E-state index contributed by atoms with van der Waals surface area (Å²) in [5, 5.41) is 8.67. The van der Waals surface area contributed by atoms with Gasteiger partial charge in [0.25, 0.3) is 0 Å². The van der Waals surface area contributed by atoms with Crippen LogP contribution in [0, 0.1) is 0 Å². The summed E-state index contributed by atoms with van der Waals surface area (Å²) < 4.78 is 12.0. The summed E-state index contributed by atoms with van der Waals surface area (Å²) in [6, 6.07) is 3.84. The summed E-state index contributed by atoms with van der Waals surface area (Å²) in [4.78, 5) is 12.5. The molecule has 1 aliphatic heterocycles. The molecule has 104 valence electrons. The molecule has 1 N–H and O–H groups in total. The molecular formula is C13H16BrNO4. The van der Waals surface area contributed by atoms with Gasteiger partial charge in [-0.25, -0.2) is 0 Å². The monoisotopic (exact) mass is 329 g/mol. The van der Waals surface area contributed by atoms with E-state index in [1.165, 1.54) is 0 Å². The Morgan fingerprint density at radius 3 is 2.63 bits per heavy atom. The van der Waals surface area contributed by atoms with Gasteiger partial charge in [-0.1, -0.05) is 15.9 Å². The zero-order chi connectivity index (χ0) is 13.8. The number of halogens is 1. The van der Waals surface area contributed by atoms with Gasteiger partial charge in [0.15, 0.2) is 11.5 Å². The molecule has 0 amide bonds. The molecule has 0 unspecified atom stereocenters. The fourth-order valence-electron chi connectivity index (χ4n) is 1.88. The van der Waals surface area contributed by atoms with Crippen LogP contribution in [0.25, 0.3) is 0 Å². The molecular weight excluding hydrogens is 314 g/mol. The molecule has 0 bridgehead atoms. The maximum absolute atomic E-state index is 10.5. The van der Waals surface area contributed by atoms with Gasteiger partial charge >= 0.3 is 5.97 Å². The first kappa shape index (κ1) is 14.1. The first-order chi connectivity index (χ1) is 9.06. The van der Waals surface area contributed by atoms with E-state index in [1.807, 2.05) is 24.1 Å². The third kappa shape index (κ3) is 3.84. The first-order valence-corrected chi connectivity index (χ1v) is 6.84. The first-order valence-electron chi connectivity index (χ1n) is 6.04. The Bertz CT molecular complexity index is 478. The van der Waals surface area contributed by atoms with Gasteiger partial charge < -0.3 is 19.5 Å². The Morgan fingerprint density at radius 2 is 2.00 bits per heavy atom. The lowest BCUT2D eigenvalue weighted by Crippen LogP contribution is -2.22. The summed E-state index contributed by atoms with van der Waals surface area (Å²) in [6.07, 6.45) is 0.138. The molecule has 0 aromatic heterocycles. The summed E-state index contributed by atoms with van der Waals surface area (Å²) in [5.41, 5.74) is 1.05. The molecule has 1 heterocycles. The van der Waals surface area contributed by atoms with Crippen molar-refractivity contribution < 1.29 is 19.4 Å². The second kappa shape index (κ2) is 6.25. The summed E-state index contributed by atoms with van der Waals surface area (Å²) in [7, 11) is 1.90. The molecule has 1 aliphatic rings. The van der Waals surface area contributed by atoms with Crippen LogP contribution in [0.1, 0.15) is 12.0 Å². The van der Waals surface area contributed by atoms with Gasteiger partial charge in [-0.15, -0.1) is 0 Å². The molecule has 0 atom stereocenters.